The van der Waals surface area contributed by atoms with Crippen LogP contribution < -0.4 is 4.74 Å². The van der Waals surface area contributed by atoms with Crippen molar-refractivity contribution in [3.63, 3.8) is 0 Å². The molecule has 0 saturated carbocycles. The summed E-state index contributed by atoms with van der Waals surface area (Å²) in [5.41, 5.74) is 4.72. The van der Waals surface area contributed by atoms with Crippen LogP contribution in [-0.2, 0) is 0 Å². The highest BCUT2D eigenvalue weighted by atomic mass is 35.5. The third kappa shape index (κ3) is 3.85. The number of halogens is 1. The predicted octanol–water partition coefficient (Wildman–Crippen LogP) is 4.82. The van der Waals surface area contributed by atoms with E-state index in [4.69, 9.17) is 16.3 Å². The second-order valence-electron chi connectivity index (χ2n) is 9.22. The molecule has 0 bridgehead atoms. The van der Waals surface area contributed by atoms with Crippen LogP contribution in [0.25, 0.3) is 10.9 Å². The number of hydrogen-bond acceptors (Lipinski definition) is 4. The van der Waals surface area contributed by atoms with Crippen molar-refractivity contribution >= 4 is 22.5 Å². The van der Waals surface area contributed by atoms with Crippen LogP contribution in [0.1, 0.15) is 53.9 Å². The number of H-pyrrole nitrogens is 1. The topological polar surface area (TPSA) is 68.7 Å². The van der Waals surface area contributed by atoms with Gasteiger partial charge in [-0.1, -0.05) is 23.7 Å². The van der Waals surface area contributed by atoms with Crippen LogP contribution >= 0.6 is 11.6 Å². The van der Waals surface area contributed by atoms with E-state index in [1.807, 2.05) is 19.1 Å². The zero-order chi connectivity index (χ0) is 21.8. The number of aliphatic hydroxyl groups excluding tert-OH is 2. The number of benzene rings is 2. The highest BCUT2D eigenvalue weighted by Gasteiger charge is 2.43. The third-order valence-electron chi connectivity index (χ3n) is 6.95. The van der Waals surface area contributed by atoms with Crippen molar-refractivity contribution in [3.05, 3.63) is 63.8 Å². The first-order valence-electron chi connectivity index (χ1n) is 11.0. The number of nitrogens with one attached hydrogen (secondary N) is 1. The molecule has 3 aromatic rings. The number of fused-ring (bicyclic) bond motifs is 2. The number of nitrogens with zero attached hydrogens (tertiary/aromatic N) is 1. The zero-order valence-electron chi connectivity index (χ0n) is 18.0. The number of aryl methyl sites for hydroxylation is 2. The minimum Gasteiger partial charge on any atom is -0.487 e. The van der Waals surface area contributed by atoms with Crippen LogP contribution in [0.5, 0.6) is 5.75 Å². The van der Waals surface area contributed by atoms with E-state index in [0.29, 0.717) is 18.0 Å². The molecule has 164 valence electrons. The molecule has 2 aliphatic heterocycles. The number of piperidine rings is 1. The van der Waals surface area contributed by atoms with E-state index in [0.717, 1.165) is 59.4 Å². The van der Waals surface area contributed by atoms with Crippen molar-refractivity contribution in [2.75, 3.05) is 19.6 Å². The second-order valence-corrected chi connectivity index (χ2v) is 9.65. The molecular weight excluding hydrogens is 412 g/mol. The van der Waals surface area contributed by atoms with Gasteiger partial charge in [-0.25, -0.2) is 0 Å². The predicted molar refractivity (Wildman–Crippen MR) is 123 cm³/mol. The maximum atomic E-state index is 11.1. The Kier molecular flexibility index (Phi) is 5.25. The second kappa shape index (κ2) is 7.82. The Balaban J connectivity index is 1.27. The van der Waals surface area contributed by atoms with Crippen LogP contribution in [0, 0.1) is 13.8 Å². The highest BCUT2D eigenvalue weighted by molar-refractivity contribution is 6.30. The summed E-state index contributed by atoms with van der Waals surface area (Å²) in [5.74, 6) is 0.737. The van der Waals surface area contributed by atoms with Gasteiger partial charge in [0.15, 0.2) is 0 Å². The molecule has 0 aliphatic carbocycles. The first-order chi connectivity index (χ1) is 14.8. The summed E-state index contributed by atoms with van der Waals surface area (Å²) in [4.78, 5) is 5.72. The number of ether oxygens (including phenoxy) is 1. The van der Waals surface area contributed by atoms with Crippen LogP contribution in [0.15, 0.2) is 36.4 Å². The van der Waals surface area contributed by atoms with Gasteiger partial charge in [-0.2, -0.15) is 0 Å². The third-order valence-corrected chi connectivity index (χ3v) is 7.18. The SMILES string of the molecule is Cc1ccc2c([C@@H](O)CN3CCC4(CC3)C[C@@H](O)c3cc(Cl)ccc3O4)c(C)[nH]c2c1. The molecule has 31 heavy (non-hydrogen) atoms. The first-order valence-corrected chi connectivity index (χ1v) is 11.4. The Hall–Kier alpha value is -2.05. The molecule has 0 unspecified atom stereocenters. The van der Waals surface area contributed by atoms with Gasteiger partial charge in [-0.15, -0.1) is 0 Å². The molecule has 6 heteroatoms. The van der Waals surface area contributed by atoms with Crippen molar-refractivity contribution in [2.24, 2.45) is 0 Å². The van der Waals surface area contributed by atoms with E-state index >= 15 is 0 Å². The summed E-state index contributed by atoms with van der Waals surface area (Å²) >= 11 is 6.08. The fourth-order valence-electron chi connectivity index (χ4n) is 5.29. The lowest BCUT2D eigenvalue weighted by Crippen LogP contribution is -2.51. The quantitative estimate of drug-likeness (QED) is 0.546. The lowest BCUT2D eigenvalue weighted by atomic mass is 9.81. The standard InChI is InChI=1S/C25H29ClN2O3/c1-15-3-5-18-20(11-15)27-16(2)24(18)22(30)14-28-9-7-25(8-10-28)13-21(29)19-12-17(26)4-6-23(19)31-25/h3-6,11-12,21-22,27,29-30H,7-10,13-14H2,1-2H3/t21-,22+/m1/s1. The summed E-state index contributed by atoms with van der Waals surface area (Å²) in [6.07, 6.45) is 1.12. The van der Waals surface area contributed by atoms with E-state index in [-0.39, 0.29) is 5.60 Å². The Morgan fingerprint density at radius 3 is 2.74 bits per heavy atom. The van der Waals surface area contributed by atoms with Gasteiger partial charge in [-0.3, -0.25) is 0 Å². The summed E-state index contributed by atoms with van der Waals surface area (Å²) in [6, 6.07) is 11.8. The minimum atomic E-state index is -0.558. The molecular formula is C25H29ClN2O3. The molecule has 5 nitrogen and oxygen atoms in total. The first kappa shape index (κ1) is 20.8. The molecule has 2 atom stereocenters. The summed E-state index contributed by atoms with van der Waals surface area (Å²) in [7, 11) is 0. The monoisotopic (exact) mass is 440 g/mol. The van der Waals surface area contributed by atoms with Gasteiger partial charge < -0.3 is 24.8 Å². The van der Waals surface area contributed by atoms with Gasteiger partial charge in [0.05, 0.1) is 12.2 Å². The summed E-state index contributed by atoms with van der Waals surface area (Å²) < 4.78 is 6.39. The molecule has 1 aromatic heterocycles. The van der Waals surface area contributed by atoms with Crippen molar-refractivity contribution < 1.29 is 14.9 Å². The van der Waals surface area contributed by atoms with Gasteiger partial charge in [0.25, 0.3) is 0 Å². The van der Waals surface area contributed by atoms with E-state index in [9.17, 15) is 10.2 Å². The van der Waals surface area contributed by atoms with E-state index < -0.39 is 12.2 Å². The molecule has 1 fully saturated rings. The van der Waals surface area contributed by atoms with Crippen LogP contribution in [0.4, 0.5) is 0 Å². The number of rotatable bonds is 3. The molecule has 1 saturated heterocycles. The number of aromatic amines is 1. The van der Waals surface area contributed by atoms with Crippen LogP contribution in [-0.4, -0.2) is 45.3 Å². The maximum absolute atomic E-state index is 11.1. The Labute approximate surface area is 187 Å². The van der Waals surface area contributed by atoms with E-state index in [1.165, 1.54) is 5.56 Å². The number of hydrogen-bond donors (Lipinski definition) is 3. The van der Waals surface area contributed by atoms with Gasteiger partial charge in [0.2, 0.25) is 0 Å². The van der Waals surface area contributed by atoms with Gasteiger partial charge in [0, 0.05) is 58.8 Å². The molecule has 0 radical (unpaired) electrons. The van der Waals surface area contributed by atoms with Crippen molar-refractivity contribution in [1.29, 1.82) is 0 Å². The number of likely N-dealkylation sites (tertiary alicyclic amines) is 1. The number of β-amino-alcohol motifs (C(OH)–C–C–N with tert-alkyl or cyclic N) is 1. The van der Waals surface area contributed by atoms with Crippen molar-refractivity contribution in [1.82, 2.24) is 9.88 Å². The van der Waals surface area contributed by atoms with Crippen LogP contribution in [0.3, 0.4) is 0 Å². The van der Waals surface area contributed by atoms with Gasteiger partial charge in [0.1, 0.15) is 11.4 Å². The fraction of sp³-hybridized carbons (Fsp3) is 0.440. The Morgan fingerprint density at radius 2 is 1.97 bits per heavy atom. The van der Waals surface area contributed by atoms with Crippen molar-refractivity contribution in [3.8, 4) is 5.75 Å². The largest absolute Gasteiger partial charge is 0.487 e. The molecule has 3 heterocycles. The average molecular weight is 441 g/mol. The lowest BCUT2D eigenvalue weighted by molar-refractivity contribution is -0.0587. The average Bonchev–Trinajstić information content (AvgIpc) is 3.05. The van der Waals surface area contributed by atoms with Crippen LogP contribution in [0.2, 0.25) is 5.02 Å². The molecule has 5 rings (SSSR count). The maximum Gasteiger partial charge on any atom is 0.126 e. The highest BCUT2D eigenvalue weighted by Crippen LogP contribution is 2.45. The Morgan fingerprint density at radius 1 is 1.19 bits per heavy atom. The summed E-state index contributed by atoms with van der Waals surface area (Å²) in [6.45, 7) is 6.35. The molecule has 2 aliphatic rings. The molecule has 1 spiro atoms. The van der Waals surface area contributed by atoms with Gasteiger partial charge in [-0.05, 0) is 56.5 Å². The van der Waals surface area contributed by atoms with Gasteiger partial charge >= 0.3 is 0 Å². The molecule has 0 amide bonds. The molecule has 2 aromatic carbocycles. The Bertz CT molecular complexity index is 1120. The van der Waals surface area contributed by atoms with E-state index in [2.05, 4.69) is 35.0 Å². The zero-order valence-corrected chi connectivity index (χ0v) is 18.7. The summed E-state index contributed by atoms with van der Waals surface area (Å²) in [5, 5.41) is 23.5. The lowest BCUT2D eigenvalue weighted by Gasteiger charge is -2.46. The van der Waals surface area contributed by atoms with Crippen molar-refractivity contribution in [2.45, 2.75) is 50.9 Å². The normalized spacial score (nSPS) is 21.8. The number of aromatic nitrogens is 1. The van der Waals surface area contributed by atoms with E-state index in [1.54, 1.807) is 6.07 Å². The number of aliphatic hydroxyl groups is 2. The fourth-order valence-corrected chi connectivity index (χ4v) is 5.47. The minimum absolute atomic E-state index is 0.351. The smallest absolute Gasteiger partial charge is 0.126 e. The molecule has 3 N–H and O–H groups in total.